The Hall–Kier alpha value is -1.94. The van der Waals surface area contributed by atoms with Crippen LogP contribution >= 0.6 is 0 Å². The minimum atomic E-state index is -0.430. The van der Waals surface area contributed by atoms with Crippen LogP contribution in [0.1, 0.15) is 37.4 Å². The number of aliphatic hydroxyl groups is 1. The Bertz CT molecular complexity index is 598. The van der Waals surface area contributed by atoms with E-state index >= 15 is 0 Å². The fourth-order valence-electron chi connectivity index (χ4n) is 3.07. The molecule has 3 rings (SSSR count). The van der Waals surface area contributed by atoms with Gasteiger partial charge in [0.05, 0.1) is 30.2 Å². The summed E-state index contributed by atoms with van der Waals surface area (Å²) in [6.07, 6.45) is 5.25. The van der Waals surface area contributed by atoms with Crippen LogP contribution in [-0.2, 0) is 5.41 Å². The van der Waals surface area contributed by atoms with Gasteiger partial charge in [-0.25, -0.2) is 9.97 Å². The lowest BCUT2D eigenvalue weighted by Gasteiger charge is -2.40. The summed E-state index contributed by atoms with van der Waals surface area (Å²) in [6, 6.07) is 8.19. The van der Waals surface area contributed by atoms with Crippen molar-refractivity contribution >= 4 is 5.69 Å². The molecule has 0 amide bonds. The summed E-state index contributed by atoms with van der Waals surface area (Å²) < 4.78 is 0. The number of hydrogen-bond acceptors (Lipinski definition) is 4. The third kappa shape index (κ3) is 2.27. The van der Waals surface area contributed by atoms with Crippen molar-refractivity contribution in [1.29, 1.82) is 0 Å². The van der Waals surface area contributed by atoms with Gasteiger partial charge in [0, 0.05) is 0 Å². The van der Waals surface area contributed by atoms with Crippen molar-refractivity contribution in [2.75, 3.05) is 5.32 Å². The molecule has 1 aliphatic carbocycles. The summed E-state index contributed by atoms with van der Waals surface area (Å²) in [6.45, 7) is 4.35. The molecule has 2 unspecified atom stereocenters. The standard InChI is InChI=1S/C16H19N3O/c1-16(2)7-14(20)15(12-5-3-4-6-13(12)16)19-11-8-17-10-18-9-11/h3-6,8-10,14-15,19-20H,7H2,1-2H3. The summed E-state index contributed by atoms with van der Waals surface area (Å²) in [5, 5.41) is 13.9. The van der Waals surface area contributed by atoms with Gasteiger partial charge in [0.15, 0.2) is 0 Å². The van der Waals surface area contributed by atoms with E-state index in [9.17, 15) is 5.11 Å². The maximum atomic E-state index is 10.5. The molecule has 2 N–H and O–H groups in total. The first kappa shape index (κ1) is 13.1. The zero-order chi connectivity index (χ0) is 14.2. The minimum Gasteiger partial charge on any atom is -0.391 e. The highest BCUT2D eigenvalue weighted by Crippen LogP contribution is 2.42. The van der Waals surface area contributed by atoms with E-state index in [1.807, 2.05) is 6.07 Å². The highest BCUT2D eigenvalue weighted by Gasteiger charge is 2.38. The zero-order valence-electron chi connectivity index (χ0n) is 11.7. The minimum absolute atomic E-state index is 0.0125. The van der Waals surface area contributed by atoms with Crippen molar-refractivity contribution in [3.8, 4) is 0 Å². The molecule has 0 saturated heterocycles. The van der Waals surface area contributed by atoms with Crippen LogP contribution in [0.5, 0.6) is 0 Å². The molecule has 20 heavy (non-hydrogen) atoms. The molecule has 1 aromatic carbocycles. The maximum Gasteiger partial charge on any atom is 0.115 e. The highest BCUT2D eigenvalue weighted by molar-refractivity contribution is 5.47. The van der Waals surface area contributed by atoms with Crippen molar-refractivity contribution in [2.24, 2.45) is 0 Å². The number of rotatable bonds is 2. The number of anilines is 1. The Morgan fingerprint density at radius 3 is 2.65 bits per heavy atom. The topological polar surface area (TPSA) is 58.0 Å². The number of nitrogens with one attached hydrogen (secondary N) is 1. The number of benzene rings is 1. The van der Waals surface area contributed by atoms with E-state index in [4.69, 9.17) is 0 Å². The lowest BCUT2D eigenvalue weighted by molar-refractivity contribution is 0.106. The van der Waals surface area contributed by atoms with Gasteiger partial charge in [0.1, 0.15) is 6.33 Å². The largest absolute Gasteiger partial charge is 0.391 e. The number of nitrogens with zero attached hydrogens (tertiary/aromatic N) is 2. The summed E-state index contributed by atoms with van der Waals surface area (Å²) in [5.41, 5.74) is 3.26. The second-order valence-corrected chi connectivity index (χ2v) is 5.99. The van der Waals surface area contributed by atoms with Crippen LogP contribution < -0.4 is 5.32 Å². The fourth-order valence-corrected chi connectivity index (χ4v) is 3.07. The van der Waals surface area contributed by atoms with Crippen LogP contribution in [0.4, 0.5) is 5.69 Å². The lowest BCUT2D eigenvalue weighted by atomic mass is 9.69. The van der Waals surface area contributed by atoms with Gasteiger partial charge in [-0.3, -0.25) is 0 Å². The van der Waals surface area contributed by atoms with Crippen LogP contribution in [0.15, 0.2) is 43.0 Å². The average molecular weight is 269 g/mol. The molecule has 0 radical (unpaired) electrons. The van der Waals surface area contributed by atoms with Gasteiger partial charge in [-0.15, -0.1) is 0 Å². The fraction of sp³-hybridized carbons (Fsp3) is 0.375. The SMILES string of the molecule is CC1(C)CC(O)C(Nc2cncnc2)c2ccccc21. The highest BCUT2D eigenvalue weighted by atomic mass is 16.3. The molecule has 1 aromatic heterocycles. The molecule has 1 aliphatic rings. The predicted molar refractivity (Wildman–Crippen MR) is 78.5 cm³/mol. The normalized spacial score (nSPS) is 23.9. The second kappa shape index (κ2) is 4.87. The number of hydrogen-bond donors (Lipinski definition) is 2. The number of fused-ring (bicyclic) bond motifs is 1. The average Bonchev–Trinajstić information content (AvgIpc) is 2.44. The first-order valence-corrected chi connectivity index (χ1v) is 6.87. The molecule has 2 aromatic rings. The Morgan fingerprint density at radius 2 is 1.90 bits per heavy atom. The lowest BCUT2D eigenvalue weighted by Crippen LogP contribution is -2.39. The predicted octanol–water partition coefficient (Wildman–Crippen LogP) is 2.67. The van der Waals surface area contributed by atoms with Gasteiger partial charge in [0.2, 0.25) is 0 Å². The molecular weight excluding hydrogens is 250 g/mol. The van der Waals surface area contributed by atoms with Crippen molar-refractivity contribution < 1.29 is 5.11 Å². The van der Waals surface area contributed by atoms with Crippen molar-refractivity contribution in [1.82, 2.24) is 9.97 Å². The van der Waals surface area contributed by atoms with Gasteiger partial charge in [-0.2, -0.15) is 0 Å². The molecule has 0 fully saturated rings. The summed E-state index contributed by atoms with van der Waals surface area (Å²) in [5.74, 6) is 0. The van der Waals surface area contributed by atoms with Gasteiger partial charge < -0.3 is 10.4 Å². The quantitative estimate of drug-likeness (QED) is 0.880. The monoisotopic (exact) mass is 269 g/mol. The Morgan fingerprint density at radius 1 is 1.20 bits per heavy atom. The molecule has 0 bridgehead atoms. The Balaban J connectivity index is 1.99. The number of aromatic nitrogens is 2. The summed E-state index contributed by atoms with van der Waals surface area (Å²) in [7, 11) is 0. The molecule has 4 nitrogen and oxygen atoms in total. The van der Waals surface area contributed by atoms with Crippen LogP contribution in [0, 0.1) is 0 Å². The van der Waals surface area contributed by atoms with Crippen molar-refractivity contribution in [2.45, 2.75) is 37.8 Å². The second-order valence-electron chi connectivity index (χ2n) is 5.99. The van der Waals surface area contributed by atoms with E-state index in [1.165, 1.54) is 11.9 Å². The van der Waals surface area contributed by atoms with Crippen LogP contribution in [0.2, 0.25) is 0 Å². The van der Waals surface area contributed by atoms with Crippen molar-refractivity contribution in [3.63, 3.8) is 0 Å². The smallest absolute Gasteiger partial charge is 0.115 e. The van der Waals surface area contributed by atoms with E-state index in [0.717, 1.165) is 17.7 Å². The van der Waals surface area contributed by atoms with Crippen LogP contribution in [0.25, 0.3) is 0 Å². The molecular formula is C16H19N3O. The third-order valence-corrected chi connectivity index (χ3v) is 4.01. The molecule has 1 heterocycles. The van der Waals surface area contributed by atoms with Gasteiger partial charge in [-0.1, -0.05) is 38.1 Å². The molecule has 0 spiro atoms. The third-order valence-electron chi connectivity index (χ3n) is 4.01. The first-order chi connectivity index (χ1) is 9.58. The van der Waals surface area contributed by atoms with E-state index in [0.29, 0.717) is 0 Å². The molecule has 0 saturated carbocycles. The Kier molecular flexibility index (Phi) is 3.18. The van der Waals surface area contributed by atoms with E-state index < -0.39 is 6.10 Å². The summed E-state index contributed by atoms with van der Waals surface area (Å²) >= 11 is 0. The van der Waals surface area contributed by atoms with Gasteiger partial charge in [-0.05, 0) is 23.0 Å². The van der Waals surface area contributed by atoms with Crippen molar-refractivity contribution in [3.05, 3.63) is 54.1 Å². The van der Waals surface area contributed by atoms with Gasteiger partial charge >= 0.3 is 0 Å². The van der Waals surface area contributed by atoms with Gasteiger partial charge in [0.25, 0.3) is 0 Å². The molecule has 0 aliphatic heterocycles. The van der Waals surface area contributed by atoms with Crippen LogP contribution in [0.3, 0.4) is 0 Å². The first-order valence-electron chi connectivity index (χ1n) is 6.87. The van der Waals surface area contributed by atoms with E-state index in [-0.39, 0.29) is 11.5 Å². The summed E-state index contributed by atoms with van der Waals surface area (Å²) in [4.78, 5) is 8.01. The molecule has 4 heteroatoms. The maximum absolute atomic E-state index is 10.5. The zero-order valence-corrected chi connectivity index (χ0v) is 11.7. The van der Waals surface area contributed by atoms with E-state index in [1.54, 1.807) is 12.4 Å². The number of aliphatic hydroxyl groups excluding tert-OH is 1. The molecule has 104 valence electrons. The van der Waals surface area contributed by atoms with Crippen LogP contribution in [-0.4, -0.2) is 21.2 Å². The molecule has 2 atom stereocenters. The Labute approximate surface area is 118 Å². The van der Waals surface area contributed by atoms with E-state index in [2.05, 4.69) is 47.3 Å².